The molecule has 0 heterocycles. The van der Waals surface area contributed by atoms with Gasteiger partial charge in [-0.15, -0.1) is 12.4 Å². The van der Waals surface area contributed by atoms with Gasteiger partial charge in [-0.05, 0) is 24.6 Å². The van der Waals surface area contributed by atoms with E-state index < -0.39 is 11.7 Å². The van der Waals surface area contributed by atoms with Crippen LogP contribution in [0.4, 0.5) is 13.2 Å². The van der Waals surface area contributed by atoms with Crippen LogP contribution in [0.25, 0.3) is 0 Å². The second kappa shape index (κ2) is 4.66. The predicted octanol–water partition coefficient (Wildman–Crippen LogP) is 3.15. The number of hydrogen-bond donors (Lipinski definition) is 1. The summed E-state index contributed by atoms with van der Waals surface area (Å²) in [6, 6.07) is 4.64. The lowest BCUT2D eigenvalue weighted by Gasteiger charge is -2.09. The molecule has 0 radical (unpaired) electrons. The van der Waals surface area contributed by atoms with E-state index in [-0.39, 0.29) is 18.4 Å². The SMILES string of the molecule is C[C@H](N)c1ccc(C(F)(F)F)cc1.Cl. The molecule has 14 heavy (non-hydrogen) atoms. The van der Waals surface area contributed by atoms with Crippen molar-refractivity contribution >= 4 is 12.4 Å². The summed E-state index contributed by atoms with van der Waals surface area (Å²) >= 11 is 0. The van der Waals surface area contributed by atoms with E-state index in [0.717, 1.165) is 12.1 Å². The maximum atomic E-state index is 12.1. The lowest BCUT2D eigenvalue weighted by atomic mass is 10.1. The molecule has 5 heteroatoms. The fraction of sp³-hybridized carbons (Fsp3) is 0.333. The van der Waals surface area contributed by atoms with E-state index >= 15 is 0 Å². The lowest BCUT2D eigenvalue weighted by molar-refractivity contribution is -0.137. The fourth-order valence-corrected chi connectivity index (χ4v) is 0.976. The summed E-state index contributed by atoms with van der Waals surface area (Å²) in [4.78, 5) is 0. The van der Waals surface area contributed by atoms with Crippen LogP contribution in [0, 0.1) is 0 Å². The minimum atomic E-state index is -4.27. The largest absolute Gasteiger partial charge is 0.416 e. The zero-order valence-electron chi connectivity index (χ0n) is 7.51. The fourth-order valence-electron chi connectivity index (χ4n) is 0.976. The van der Waals surface area contributed by atoms with Gasteiger partial charge in [0.15, 0.2) is 0 Å². The normalized spacial score (nSPS) is 13.2. The van der Waals surface area contributed by atoms with Gasteiger partial charge in [-0.25, -0.2) is 0 Å². The minimum Gasteiger partial charge on any atom is -0.324 e. The van der Waals surface area contributed by atoms with E-state index in [1.165, 1.54) is 12.1 Å². The Hall–Kier alpha value is -0.740. The van der Waals surface area contributed by atoms with Crippen LogP contribution >= 0.6 is 12.4 Å². The van der Waals surface area contributed by atoms with Gasteiger partial charge in [-0.3, -0.25) is 0 Å². The average molecular weight is 226 g/mol. The van der Waals surface area contributed by atoms with Crippen molar-refractivity contribution in [2.75, 3.05) is 0 Å². The summed E-state index contributed by atoms with van der Waals surface area (Å²) in [5.41, 5.74) is 5.55. The zero-order valence-corrected chi connectivity index (χ0v) is 8.32. The second-order valence-corrected chi connectivity index (χ2v) is 2.91. The molecule has 0 aromatic heterocycles. The molecule has 80 valence electrons. The Labute approximate surface area is 86.5 Å². The quantitative estimate of drug-likeness (QED) is 0.781. The molecule has 1 rings (SSSR count). The summed E-state index contributed by atoms with van der Waals surface area (Å²) in [6.07, 6.45) is -4.27. The van der Waals surface area contributed by atoms with Crippen molar-refractivity contribution in [3.63, 3.8) is 0 Å². The van der Waals surface area contributed by atoms with E-state index in [2.05, 4.69) is 0 Å². The van der Waals surface area contributed by atoms with Gasteiger partial charge >= 0.3 is 6.18 Å². The number of rotatable bonds is 1. The lowest BCUT2D eigenvalue weighted by Crippen LogP contribution is -2.07. The highest BCUT2D eigenvalue weighted by molar-refractivity contribution is 5.85. The van der Waals surface area contributed by atoms with Crippen molar-refractivity contribution < 1.29 is 13.2 Å². The van der Waals surface area contributed by atoms with Gasteiger partial charge in [-0.2, -0.15) is 13.2 Å². The summed E-state index contributed by atoms with van der Waals surface area (Å²) in [7, 11) is 0. The number of hydrogen-bond acceptors (Lipinski definition) is 1. The third-order valence-electron chi connectivity index (χ3n) is 1.76. The van der Waals surface area contributed by atoms with Crippen LogP contribution in [0.3, 0.4) is 0 Å². The molecule has 0 fully saturated rings. The van der Waals surface area contributed by atoms with Gasteiger partial charge in [-0.1, -0.05) is 12.1 Å². The Balaban J connectivity index is 0.00000169. The molecular formula is C9H11ClF3N. The third kappa shape index (κ3) is 3.20. The van der Waals surface area contributed by atoms with E-state index in [1.54, 1.807) is 6.92 Å². The topological polar surface area (TPSA) is 26.0 Å². The van der Waals surface area contributed by atoms with E-state index in [1.807, 2.05) is 0 Å². The molecule has 0 bridgehead atoms. The molecule has 0 unspecified atom stereocenters. The maximum absolute atomic E-state index is 12.1. The Morgan fingerprint density at radius 3 is 1.86 bits per heavy atom. The standard InChI is InChI=1S/C9H10F3N.ClH/c1-6(13)7-2-4-8(5-3-7)9(10,11)12;/h2-6H,13H2,1H3;1H/t6-;/m0./s1. The monoisotopic (exact) mass is 225 g/mol. The van der Waals surface area contributed by atoms with Crippen molar-refractivity contribution in [1.82, 2.24) is 0 Å². The highest BCUT2D eigenvalue weighted by atomic mass is 35.5. The van der Waals surface area contributed by atoms with Crippen molar-refractivity contribution in [3.8, 4) is 0 Å². The molecule has 0 aliphatic rings. The molecule has 0 amide bonds. The summed E-state index contributed by atoms with van der Waals surface area (Å²) in [6.45, 7) is 1.72. The first kappa shape index (κ1) is 13.3. The average Bonchev–Trinajstić information content (AvgIpc) is 2.03. The number of halogens is 4. The first-order chi connectivity index (χ1) is 5.91. The van der Waals surface area contributed by atoms with E-state index in [0.29, 0.717) is 5.56 Å². The molecule has 1 aromatic rings. The maximum Gasteiger partial charge on any atom is 0.416 e. The van der Waals surface area contributed by atoms with Crippen molar-refractivity contribution in [2.45, 2.75) is 19.1 Å². The Morgan fingerprint density at radius 1 is 1.14 bits per heavy atom. The molecule has 1 atom stereocenters. The molecule has 1 aromatic carbocycles. The second-order valence-electron chi connectivity index (χ2n) is 2.91. The molecule has 0 aliphatic carbocycles. The van der Waals surface area contributed by atoms with Gasteiger partial charge in [0, 0.05) is 6.04 Å². The molecular weight excluding hydrogens is 215 g/mol. The summed E-state index contributed by atoms with van der Waals surface area (Å²) in [5.74, 6) is 0. The Kier molecular flexibility index (Phi) is 4.42. The summed E-state index contributed by atoms with van der Waals surface area (Å²) in [5, 5.41) is 0. The molecule has 0 saturated carbocycles. The third-order valence-corrected chi connectivity index (χ3v) is 1.76. The van der Waals surface area contributed by atoms with Crippen LogP contribution in [0.15, 0.2) is 24.3 Å². The highest BCUT2D eigenvalue weighted by Crippen LogP contribution is 2.29. The number of nitrogens with two attached hydrogens (primary N) is 1. The Morgan fingerprint density at radius 2 is 1.57 bits per heavy atom. The van der Waals surface area contributed by atoms with Crippen LogP contribution in [0.5, 0.6) is 0 Å². The Bertz CT molecular complexity index is 279. The van der Waals surface area contributed by atoms with Gasteiger partial charge in [0.25, 0.3) is 0 Å². The van der Waals surface area contributed by atoms with E-state index in [4.69, 9.17) is 5.73 Å². The molecule has 0 saturated heterocycles. The number of benzene rings is 1. The van der Waals surface area contributed by atoms with Gasteiger partial charge in [0.1, 0.15) is 0 Å². The van der Waals surface area contributed by atoms with Crippen molar-refractivity contribution in [1.29, 1.82) is 0 Å². The predicted molar refractivity (Wildman–Crippen MR) is 51.3 cm³/mol. The van der Waals surface area contributed by atoms with Crippen molar-refractivity contribution in [2.24, 2.45) is 5.73 Å². The van der Waals surface area contributed by atoms with Crippen molar-refractivity contribution in [3.05, 3.63) is 35.4 Å². The van der Waals surface area contributed by atoms with Crippen LogP contribution in [0.2, 0.25) is 0 Å². The van der Waals surface area contributed by atoms with Crippen LogP contribution in [-0.4, -0.2) is 0 Å². The van der Waals surface area contributed by atoms with Crippen LogP contribution in [0.1, 0.15) is 24.1 Å². The molecule has 0 aliphatic heterocycles. The highest BCUT2D eigenvalue weighted by Gasteiger charge is 2.29. The smallest absolute Gasteiger partial charge is 0.324 e. The van der Waals surface area contributed by atoms with Gasteiger partial charge < -0.3 is 5.73 Å². The van der Waals surface area contributed by atoms with Gasteiger partial charge in [0.05, 0.1) is 5.56 Å². The first-order valence-corrected chi connectivity index (χ1v) is 3.84. The minimum absolute atomic E-state index is 0. The van der Waals surface area contributed by atoms with Gasteiger partial charge in [0.2, 0.25) is 0 Å². The number of alkyl halides is 3. The van der Waals surface area contributed by atoms with Crippen LogP contribution in [-0.2, 0) is 6.18 Å². The molecule has 2 N–H and O–H groups in total. The molecule has 1 nitrogen and oxygen atoms in total. The summed E-state index contributed by atoms with van der Waals surface area (Å²) < 4.78 is 36.3. The molecule has 0 spiro atoms. The van der Waals surface area contributed by atoms with E-state index in [9.17, 15) is 13.2 Å². The van der Waals surface area contributed by atoms with Crippen LogP contribution < -0.4 is 5.73 Å². The zero-order chi connectivity index (χ0) is 10.1. The first-order valence-electron chi connectivity index (χ1n) is 3.84.